The van der Waals surface area contributed by atoms with Crippen molar-refractivity contribution >= 4 is 40.4 Å². The number of amides is 1. The summed E-state index contributed by atoms with van der Waals surface area (Å²) in [6.07, 6.45) is 1.43. The Morgan fingerprint density at radius 3 is 2.59 bits per heavy atom. The first kappa shape index (κ1) is 27.1. The van der Waals surface area contributed by atoms with Crippen LogP contribution in [-0.4, -0.2) is 39.6 Å². The van der Waals surface area contributed by atoms with E-state index >= 15 is 0 Å². The van der Waals surface area contributed by atoms with Crippen molar-refractivity contribution in [2.24, 2.45) is 12.8 Å². The zero-order chi connectivity index (χ0) is 26.7. The minimum Gasteiger partial charge on any atom is -0.494 e. The van der Waals surface area contributed by atoms with Gasteiger partial charge in [-0.2, -0.15) is 5.10 Å². The largest absolute Gasteiger partial charge is 0.494 e. The highest BCUT2D eigenvalue weighted by molar-refractivity contribution is 7.97. The van der Waals surface area contributed by atoms with Gasteiger partial charge in [0.25, 0.3) is 5.91 Å². The summed E-state index contributed by atoms with van der Waals surface area (Å²) in [5.74, 6) is 1.30. The van der Waals surface area contributed by atoms with Crippen LogP contribution in [0.4, 0.5) is 0 Å². The number of halogens is 1. The number of nitrogens with two attached hydrogens (primary N) is 1. The monoisotopic (exact) mass is 539 g/mol. The average Bonchev–Trinajstić information content (AvgIpc) is 3.36. The van der Waals surface area contributed by atoms with E-state index in [4.69, 9.17) is 22.1 Å². The first-order valence-corrected chi connectivity index (χ1v) is 13.7. The highest BCUT2D eigenvalue weighted by Crippen LogP contribution is 2.35. The van der Waals surface area contributed by atoms with Crippen LogP contribution in [0.2, 0.25) is 5.02 Å². The van der Waals surface area contributed by atoms with Crippen molar-refractivity contribution in [3.05, 3.63) is 69.1 Å². The Labute approximate surface area is 227 Å². The highest BCUT2D eigenvalue weighted by atomic mass is 35.5. The van der Waals surface area contributed by atoms with Gasteiger partial charge in [-0.15, -0.1) is 0 Å². The number of ether oxygens (including phenoxy) is 1. The molecule has 0 aliphatic rings. The summed E-state index contributed by atoms with van der Waals surface area (Å²) in [5, 5.41) is 6.40. The zero-order valence-electron chi connectivity index (χ0n) is 22.0. The lowest BCUT2D eigenvalue weighted by Gasteiger charge is -2.10. The van der Waals surface area contributed by atoms with Crippen molar-refractivity contribution in [1.82, 2.24) is 19.5 Å². The third kappa shape index (κ3) is 5.66. The van der Waals surface area contributed by atoms with Crippen molar-refractivity contribution in [2.75, 3.05) is 18.9 Å². The highest BCUT2D eigenvalue weighted by Gasteiger charge is 2.22. The van der Waals surface area contributed by atoms with Crippen LogP contribution in [0.25, 0.3) is 22.0 Å². The van der Waals surface area contributed by atoms with Crippen LogP contribution in [0, 0.1) is 27.7 Å². The molecular formula is C28H34ClN5O2S. The number of hydrogen-bond acceptors (Lipinski definition) is 5. The molecule has 2 aromatic heterocycles. The predicted molar refractivity (Wildman–Crippen MR) is 154 cm³/mol. The summed E-state index contributed by atoms with van der Waals surface area (Å²) in [7, 11) is 1.95. The van der Waals surface area contributed by atoms with E-state index in [1.165, 1.54) is 11.9 Å². The van der Waals surface area contributed by atoms with Crippen LogP contribution in [0.5, 0.6) is 5.75 Å². The maximum atomic E-state index is 13.2. The van der Waals surface area contributed by atoms with E-state index in [1.54, 1.807) is 0 Å². The maximum absolute atomic E-state index is 13.2. The standard InChI is InChI=1S/C28H34ClN5O2S/c1-16-14-20(15-17(2)25(16)29)36-12-7-10-22-21-8-6-9-23(24-18(3)32-34(5)19(24)4)26(21)31-27(22)28(35)33-37-13-11-30/h6,8-9,14-15,31H,7,10-13,30H2,1-5H3,(H,33,35). The number of H-pyrrole nitrogens is 1. The number of aromatic amines is 1. The normalized spacial score (nSPS) is 11.3. The molecule has 0 aliphatic heterocycles. The fraction of sp³-hybridized carbons (Fsp3) is 0.357. The summed E-state index contributed by atoms with van der Waals surface area (Å²) in [6.45, 7) is 9.05. The molecule has 0 saturated carbocycles. The number of carbonyl (C=O) groups is 1. The zero-order valence-corrected chi connectivity index (χ0v) is 23.6. The Bertz CT molecular complexity index is 1420. The molecule has 2 heterocycles. The summed E-state index contributed by atoms with van der Waals surface area (Å²) >= 11 is 7.61. The molecule has 2 aromatic carbocycles. The number of aromatic nitrogens is 3. The van der Waals surface area contributed by atoms with Gasteiger partial charge in [-0.25, -0.2) is 0 Å². The van der Waals surface area contributed by atoms with E-state index in [0.29, 0.717) is 31.0 Å². The van der Waals surface area contributed by atoms with Crippen molar-refractivity contribution < 1.29 is 9.53 Å². The molecule has 0 unspecified atom stereocenters. The second kappa shape index (κ2) is 11.6. The van der Waals surface area contributed by atoms with Crippen LogP contribution in [-0.2, 0) is 13.5 Å². The second-order valence-electron chi connectivity index (χ2n) is 9.27. The molecule has 4 N–H and O–H groups in total. The molecule has 0 radical (unpaired) electrons. The first-order chi connectivity index (χ1) is 17.7. The van der Waals surface area contributed by atoms with E-state index < -0.39 is 0 Å². The van der Waals surface area contributed by atoms with E-state index in [9.17, 15) is 4.79 Å². The minimum atomic E-state index is -0.153. The molecule has 0 aliphatic carbocycles. The molecule has 9 heteroatoms. The number of carbonyl (C=O) groups excluding carboxylic acids is 1. The molecule has 0 atom stereocenters. The van der Waals surface area contributed by atoms with Gasteiger partial charge in [-0.05, 0) is 81.3 Å². The van der Waals surface area contributed by atoms with Crippen LogP contribution in [0.3, 0.4) is 0 Å². The van der Waals surface area contributed by atoms with E-state index in [0.717, 1.165) is 67.3 Å². The fourth-order valence-electron chi connectivity index (χ4n) is 4.75. The Morgan fingerprint density at radius 1 is 1.22 bits per heavy atom. The fourth-order valence-corrected chi connectivity index (χ4v) is 5.32. The third-order valence-corrected chi connectivity index (χ3v) is 7.95. The van der Waals surface area contributed by atoms with Crippen molar-refractivity contribution in [1.29, 1.82) is 0 Å². The van der Waals surface area contributed by atoms with Crippen LogP contribution >= 0.6 is 23.5 Å². The number of nitrogens with zero attached hydrogens (tertiary/aromatic N) is 2. The molecule has 0 saturated heterocycles. The van der Waals surface area contributed by atoms with Crippen LogP contribution < -0.4 is 15.2 Å². The number of fused-ring (bicyclic) bond motifs is 1. The average molecular weight is 540 g/mol. The molecular weight excluding hydrogens is 506 g/mol. The predicted octanol–water partition coefficient (Wildman–Crippen LogP) is 5.80. The van der Waals surface area contributed by atoms with Crippen molar-refractivity contribution in [2.45, 2.75) is 40.5 Å². The summed E-state index contributed by atoms with van der Waals surface area (Å²) < 4.78 is 10.9. The molecule has 37 heavy (non-hydrogen) atoms. The van der Waals surface area contributed by atoms with E-state index in [2.05, 4.69) is 33.9 Å². The Morgan fingerprint density at radius 2 is 1.95 bits per heavy atom. The summed E-state index contributed by atoms with van der Waals surface area (Å²) in [6, 6.07) is 10.1. The molecule has 4 rings (SSSR count). The van der Waals surface area contributed by atoms with Gasteiger partial charge in [0.05, 0.1) is 17.8 Å². The lowest BCUT2D eigenvalue weighted by atomic mass is 9.98. The molecule has 0 bridgehead atoms. The maximum Gasteiger partial charge on any atom is 0.277 e. The number of hydrogen-bond donors (Lipinski definition) is 3. The van der Waals surface area contributed by atoms with Crippen LogP contribution in [0.1, 0.15) is 45.0 Å². The van der Waals surface area contributed by atoms with Crippen molar-refractivity contribution in [3.63, 3.8) is 0 Å². The van der Waals surface area contributed by atoms with E-state index in [-0.39, 0.29) is 5.91 Å². The van der Waals surface area contributed by atoms with Gasteiger partial charge in [0.15, 0.2) is 0 Å². The number of nitrogens with one attached hydrogen (secondary N) is 2. The van der Waals surface area contributed by atoms with Crippen molar-refractivity contribution in [3.8, 4) is 16.9 Å². The van der Waals surface area contributed by atoms with Gasteiger partial charge in [0.2, 0.25) is 0 Å². The second-order valence-corrected chi connectivity index (χ2v) is 10.5. The molecule has 196 valence electrons. The van der Waals surface area contributed by atoms with Gasteiger partial charge in [-0.3, -0.25) is 14.2 Å². The minimum absolute atomic E-state index is 0.153. The molecule has 0 fully saturated rings. The molecule has 1 amide bonds. The Hall–Kier alpha value is -2.94. The molecule has 7 nitrogen and oxygen atoms in total. The molecule has 4 aromatic rings. The van der Waals surface area contributed by atoms with Gasteiger partial charge in [0.1, 0.15) is 11.4 Å². The van der Waals surface area contributed by atoms with Gasteiger partial charge < -0.3 is 15.5 Å². The Balaban J connectivity index is 1.65. The number of aryl methyl sites for hydroxylation is 5. The lowest BCUT2D eigenvalue weighted by molar-refractivity contribution is 0.0979. The van der Waals surface area contributed by atoms with Gasteiger partial charge in [0, 0.05) is 46.6 Å². The smallest absolute Gasteiger partial charge is 0.277 e. The summed E-state index contributed by atoms with van der Waals surface area (Å²) in [5.41, 5.74) is 14.2. The molecule has 0 spiro atoms. The number of para-hydroxylation sites is 1. The topological polar surface area (TPSA) is 98.0 Å². The van der Waals surface area contributed by atoms with Gasteiger partial charge in [-0.1, -0.05) is 29.8 Å². The Kier molecular flexibility index (Phi) is 8.52. The van der Waals surface area contributed by atoms with Gasteiger partial charge >= 0.3 is 0 Å². The number of rotatable bonds is 10. The first-order valence-electron chi connectivity index (χ1n) is 12.4. The van der Waals surface area contributed by atoms with E-state index in [1.807, 2.05) is 50.7 Å². The number of benzene rings is 2. The lowest BCUT2D eigenvalue weighted by Crippen LogP contribution is -2.20. The summed E-state index contributed by atoms with van der Waals surface area (Å²) in [4.78, 5) is 16.6. The quantitative estimate of drug-likeness (QED) is 0.175. The third-order valence-electron chi connectivity index (χ3n) is 6.58. The van der Waals surface area contributed by atoms with Crippen LogP contribution in [0.15, 0.2) is 30.3 Å². The SMILES string of the molecule is Cc1cc(OCCCc2c(C(=O)NSCCN)[nH]c3c(-c4c(C)nn(C)c4C)cccc23)cc(C)c1Cl.